The molecule has 0 aromatic carbocycles. The minimum Gasteiger partial charge on any atom is -0.407 e. The van der Waals surface area contributed by atoms with E-state index in [4.69, 9.17) is 4.42 Å². The molecule has 114 valence electrons. The van der Waals surface area contributed by atoms with Gasteiger partial charge in [-0.05, 0) is 44.1 Å². The van der Waals surface area contributed by atoms with Crippen LogP contribution in [-0.4, -0.2) is 29.8 Å². The summed E-state index contributed by atoms with van der Waals surface area (Å²) in [4.78, 5) is 2.16. The molecule has 1 aliphatic carbocycles. The van der Waals surface area contributed by atoms with Gasteiger partial charge in [0.15, 0.2) is 0 Å². The summed E-state index contributed by atoms with van der Waals surface area (Å²) in [5, 5.41) is 11.6. The molecule has 1 heterocycles. The summed E-state index contributed by atoms with van der Waals surface area (Å²) in [6.45, 7) is 8.32. The highest BCUT2D eigenvalue weighted by molar-refractivity contribution is 5.24. The summed E-state index contributed by atoms with van der Waals surface area (Å²) in [7, 11) is 2.07. The lowest BCUT2D eigenvalue weighted by atomic mass is 9.87. The van der Waals surface area contributed by atoms with Gasteiger partial charge >= 0.3 is 6.01 Å². The van der Waals surface area contributed by atoms with Crippen molar-refractivity contribution in [1.82, 2.24) is 15.5 Å². The molecule has 1 aliphatic rings. The number of hydrogen-bond acceptors (Lipinski definition) is 5. The van der Waals surface area contributed by atoms with E-state index in [0.29, 0.717) is 30.4 Å². The first-order valence-electron chi connectivity index (χ1n) is 7.82. The number of hydrogen-bond donors (Lipinski definition) is 1. The third-order valence-corrected chi connectivity index (χ3v) is 4.12. The lowest BCUT2D eigenvalue weighted by Crippen LogP contribution is -2.35. The largest absolute Gasteiger partial charge is 0.407 e. The standard InChI is InChI=1S/C15H28N4O/c1-11(2)9-16-10-14-17-18-15(20-14)19(4)13-7-5-12(3)6-8-13/h11-13,16H,5-10H2,1-4H3. The fraction of sp³-hybridized carbons (Fsp3) is 0.867. The molecular formula is C15H28N4O. The second kappa shape index (κ2) is 7.07. The Morgan fingerprint density at radius 1 is 1.25 bits per heavy atom. The van der Waals surface area contributed by atoms with E-state index < -0.39 is 0 Å². The third-order valence-electron chi connectivity index (χ3n) is 4.12. The number of rotatable bonds is 6. The van der Waals surface area contributed by atoms with Gasteiger partial charge in [0.05, 0.1) is 6.54 Å². The van der Waals surface area contributed by atoms with Crippen molar-refractivity contribution in [2.24, 2.45) is 11.8 Å². The van der Waals surface area contributed by atoms with Gasteiger partial charge in [-0.3, -0.25) is 0 Å². The minimum absolute atomic E-state index is 0.545. The van der Waals surface area contributed by atoms with E-state index in [2.05, 4.69) is 48.2 Å². The first-order valence-corrected chi connectivity index (χ1v) is 7.82. The van der Waals surface area contributed by atoms with E-state index in [-0.39, 0.29) is 0 Å². The summed E-state index contributed by atoms with van der Waals surface area (Å²) in [5.41, 5.74) is 0. The van der Waals surface area contributed by atoms with Gasteiger partial charge < -0.3 is 14.6 Å². The van der Waals surface area contributed by atoms with Crippen LogP contribution in [0, 0.1) is 11.8 Å². The van der Waals surface area contributed by atoms with Crippen LogP contribution in [0.5, 0.6) is 0 Å². The Morgan fingerprint density at radius 2 is 1.95 bits per heavy atom. The Kier molecular flexibility index (Phi) is 5.40. The zero-order chi connectivity index (χ0) is 14.5. The number of anilines is 1. The average molecular weight is 280 g/mol. The first-order chi connectivity index (χ1) is 9.56. The van der Waals surface area contributed by atoms with Gasteiger partial charge in [0.2, 0.25) is 5.89 Å². The lowest BCUT2D eigenvalue weighted by molar-refractivity contribution is 0.329. The smallest absolute Gasteiger partial charge is 0.318 e. The van der Waals surface area contributed by atoms with Crippen LogP contribution in [-0.2, 0) is 6.54 Å². The molecule has 0 amide bonds. The summed E-state index contributed by atoms with van der Waals surface area (Å²) >= 11 is 0. The van der Waals surface area contributed by atoms with Crippen molar-refractivity contribution in [3.05, 3.63) is 5.89 Å². The zero-order valence-electron chi connectivity index (χ0n) is 13.2. The van der Waals surface area contributed by atoms with Crippen LogP contribution in [0.1, 0.15) is 52.3 Å². The van der Waals surface area contributed by atoms with Crippen molar-refractivity contribution in [2.45, 2.75) is 59.0 Å². The van der Waals surface area contributed by atoms with Crippen LogP contribution in [0.15, 0.2) is 4.42 Å². The molecule has 5 heteroatoms. The summed E-state index contributed by atoms with van der Waals surface area (Å²) in [6.07, 6.45) is 5.04. The Balaban J connectivity index is 1.84. The molecule has 0 unspecified atom stereocenters. The van der Waals surface area contributed by atoms with E-state index >= 15 is 0 Å². The first kappa shape index (κ1) is 15.3. The molecule has 0 aliphatic heterocycles. The molecule has 0 spiro atoms. The van der Waals surface area contributed by atoms with Crippen molar-refractivity contribution in [3.63, 3.8) is 0 Å². The predicted molar refractivity (Wildman–Crippen MR) is 80.7 cm³/mol. The van der Waals surface area contributed by atoms with E-state index in [1.54, 1.807) is 0 Å². The van der Waals surface area contributed by atoms with Crippen LogP contribution in [0.2, 0.25) is 0 Å². The molecule has 1 aromatic rings. The fourth-order valence-corrected chi connectivity index (χ4v) is 2.71. The van der Waals surface area contributed by atoms with Gasteiger partial charge in [-0.25, -0.2) is 0 Å². The second-order valence-electron chi connectivity index (χ2n) is 6.53. The van der Waals surface area contributed by atoms with Crippen LogP contribution in [0.4, 0.5) is 6.01 Å². The van der Waals surface area contributed by atoms with Crippen molar-refractivity contribution in [3.8, 4) is 0 Å². The van der Waals surface area contributed by atoms with Crippen LogP contribution in [0.3, 0.4) is 0 Å². The third kappa shape index (κ3) is 4.20. The number of aromatic nitrogens is 2. The van der Waals surface area contributed by atoms with Crippen LogP contribution >= 0.6 is 0 Å². The molecule has 0 saturated heterocycles. The van der Waals surface area contributed by atoms with E-state index in [1.807, 2.05) is 0 Å². The molecule has 1 fully saturated rings. The average Bonchev–Trinajstić information content (AvgIpc) is 2.87. The zero-order valence-corrected chi connectivity index (χ0v) is 13.2. The minimum atomic E-state index is 0.545. The SMILES string of the molecule is CC(C)CNCc1nnc(N(C)C2CCC(C)CC2)o1. The predicted octanol–water partition coefficient (Wildman–Crippen LogP) is 2.83. The summed E-state index contributed by atoms with van der Waals surface area (Å²) < 4.78 is 5.75. The maximum absolute atomic E-state index is 5.75. The quantitative estimate of drug-likeness (QED) is 0.868. The van der Waals surface area contributed by atoms with E-state index in [9.17, 15) is 0 Å². The normalized spacial score (nSPS) is 23.2. The highest BCUT2D eigenvalue weighted by Crippen LogP contribution is 2.28. The van der Waals surface area contributed by atoms with Crippen molar-refractivity contribution in [1.29, 1.82) is 0 Å². The molecule has 20 heavy (non-hydrogen) atoms. The van der Waals surface area contributed by atoms with Gasteiger partial charge in [-0.1, -0.05) is 25.9 Å². The maximum Gasteiger partial charge on any atom is 0.318 e. The Morgan fingerprint density at radius 3 is 2.60 bits per heavy atom. The van der Waals surface area contributed by atoms with Crippen LogP contribution in [0.25, 0.3) is 0 Å². The molecule has 0 bridgehead atoms. The molecule has 1 N–H and O–H groups in total. The van der Waals surface area contributed by atoms with Gasteiger partial charge in [-0.2, -0.15) is 0 Å². The lowest BCUT2D eigenvalue weighted by Gasteiger charge is -2.32. The van der Waals surface area contributed by atoms with Gasteiger partial charge in [0.1, 0.15) is 0 Å². The van der Waals surface area contributed by atoms with E-state index in [1.165, 1.54) is 25.7 Å². The highest BCUT2D eigenvalue weighted by atomic mass is 16.4. The van der Waals surface area contributed by atoms with Gasteiger partial charge in [0, 0.05) is 13.1 Å². The number of nitrogens with zero attached hydrogens (tertiary/aromatic N) is 3. The fourth-order valence-electron chi connectivity index (χ4n) is 2.71. The van der Waals surface area contributed by atoms with Crippen LogP contribution < -0.4 is 10.2 Å². The maximum atomic E-state index is 5.75. The molecule has 1 saturated carbocycles. The molecule has 0 atom stereocenters. The number of nitrogens with one attached hydrogen (secondary N) is 1. The Labute approximate surface area is 122 Å². The monoisotopic (exact) mass is 280 g/mol. The van der Waals surface area contributed by atoms with Gasteiger partial charge in [0.25, 0.3) is 0 Å². The van der Waals surface area contributed by atoms with Crippen molar-refractivity contribution in [2.75, 3.05) is 18.5 Å². The van der Waals surface area contributed by atoms with Crippen molar-refractivity contribution < 1.29 is 4.42 Å². The molecule has 0 radical (unpaired) electrons. The topological polar surface area (TPSA) is 54.2 Å². The van der Waals surface area contributed by atoms with Gasteiger partial charge in [-0.15, -0.1) is 5.10 Å². The molecule has 5 nitrogen and oxygen atoms in total. The molecular weight excluding hydrogens is 252 g/mol. The Bertz CT molecular complexity index is 396. The van der Waals surface area contributed by atoms with Crippen molar-refractivity contribution >= 4 is 6.01 Å². The van der Waals surface area contributed by atoms with E-state index in [0.717, 1.165) is 12.5 Å². The Hall–Kier alpha value is -1.10. The second-order valence-corrected chi connectivity index (χ2v) is 6.53. The molecule has 1 aromatic heterocycles. The summed E-state index contributed by atoms with van der Waals surface area (Å²) in [5.74, 6) is 2.17. The summed E-state index contributed by atoms with van der Waals surface area (Å²) in [6, 6.07) is 1.20. The molecule has 2 rings (SSSR count). The highest BCUT2D eigenvalue weighted by Gasteiger charge is 2.24.